The molecule has 1 aliphatic rings. The quantitative estimate of drug-likeness (QED) is 0.798. The summed E-state index contributed by atoms with van der Waals surface area (Å²) in [6.45, 7) is 2.01. The van der Waals surface area contributed by atoms with Gasteiger partial charge in [0.25, 0.3) is 0 Å². The molecule has 1 fully saturated rings. The van der Waals surface area contributed by atoms with Crippen LogP contribution >= 0.6 is 0 Å². The van der Waals surface area contributed by atoms with Gasteiger partial charge in [-0.1, -0.05) is 5.10 Å². The van der Waals surface area contributed by atoms with Gasteiger partial charge in [0.2, 0.25) is 5.89 Å². The number of rotatable bonds is 2. The van der Waals surface area contributed by atoms with Crippen molar-refractivity contribution in [1.82, 2.24) is 10.2 Å². The molecule has 0 saturated carbocycles. The van der Waals surface area contributed by atoms with E-state index in [4.69, 9.17) is 10.2 Å². The molecule has 0 radical (unpaired) electrons. The van der Waals surface area contributed by atoms with E-state index < -0.39 is 0 Å². The summed E-state index contributed by atoms with van der Waals surface area (Å²) in [6, 6.07) is 8.05. The van der Waals surface area contributed by atoms with Crippen LogP contribution in [0.1, 0.15) is 12.8 Å². The highest BCUT2D eigenvalue weighted by atomic mass is 16.4. The highest BCUT2D eigenvalue weighted by molar-refractivity contribution is 5.57. The molecule has 88 valence electrons. The maximum atomic E-state index is 5.66. The first-order valence-electron chi connectivity index (χ1n) is 5.77. The second-order valence-corrected chi connectivity index (χ2v) is 4.21. The molecule has 1 aliphatic heterocycles. The van der Waals surface area contributed by atoms with Crippen molar-refractivity contribution < 1.29 is 4.42 Å². The highest BCUT2D eigenvalue weighted by Gasteiger charge is 2.18. The summed E-state index contributed by atoms with van der Waals surface area (Å²) >= 11 is 0. The smallest absolute Gasteiger partial charge is 0.318 e. The summed E-state index contributed by atoms with van der Waals surface area (Å²) in [5.41, 5.74) is 7.26. The van der Waals surface area contributed by atoms with Crippen molar-refractivity contribution in [2.75, 3.05) is 23.7 Å². The molecule has 17 heavy (non-hydrogen) atoms. The normalized spacial score (nSPS) is 15.4. The van der Waals surface area contributed by atoms with E-state index in [0.717, 1.165) is 24.3 Å². The molecule has 0 unspecified atom stereocenters. The molecule has 2 aromatic rings. The Hall–Kier alpha value is -2.04. The van der Waals surface area contributed by atoms with Crippen LogP contribution in [0.5, 0.6) is 0 Å². The van der Waals surface area contributed by atoms with E-state index in [0.29, 0.717) is 11.9 Å². The number of hydrogen-bond donors (Lipinski definition) is 1. The van der Waals surface area contributed by atoms with Crippen LogP contribution in [-0.4, -0.2) is 23.3 Å². The lowest BCUT2D eigenvalue weighted by Crippen LogP contribution is -2.17. The third kappa shape index (κ3) is 1.95. The molecule has 1 aromatic heterocycles. The summed E-state index contributed by atoms with van der Waals surface area (Å²) in [5.74, 6) is 0.548. The van der Waals surface area contributed by atoms with Gasteiger partial charge >= 0.3 is 6.01 Å². The fourth-order valence-electron chi connectivity index (χ4n) is 1.99. The lowest BCUT2D eigenvalue weighted by molar-refractivity contribution is 0.557. The largest absolute Gasteiger partial charge is 0.403 e. The van der Waals surface area contributed by atoms with Gasteiger partial charge in [0.15, 0.2) is 0 Å². The zero-order valence-corrected chi connectivity index (χ0v) is 9.47. The minimum absolute atomic E-state index is 0.548. The summed E-state index contributed by atoms with van der Waals surface area (Å²) in [5, 5.41) is 8.14. The first kappa shape index (κ1) is 10.1. The van der Waals surface area contributed by atoms with E-state index in [1.54, 1.807) is 0 Å². The lowest BCUT2D eigenvalue weighted by atomic mass is 10.2. The van der Waals surface area contributed by atoms with Crippen molar-refractivity contribution in [2.45, 2.75) is 12.8 Å². The molecule has 0 spiro atoms. The number of hydrogen-bond acceptors (Lipinski definition) is 5. The molecule has 2 N–H and O–H groups in total. The Balaban J connectivity index is 1.86. The predicted molar refractivity (Wildman–Crippen MR) is 65.6 cm³/mol. The first-order chi connectivity index (χ1) is 8.33. The second kappa shape index (κ2) is 4.08. The Labute approximate surface area is 99.2 Å². The Morgan fingerprint density at radius 1 is 1.06 bits per heavy atom. The van der Waals surface area contributed by atoms with Crippen LogP contribution in [0, 0.1) is 0 Å². The molecule has 0 amide bonds. The van der Waals surface area contributed by atoms with Crippen LogP contribution in [0.25, 0.3) is 11.5 Å². The Morgan fingerprint density at radius 3 is 2.47 bits per heavy atom. The van der Waals surface area contributed by atoms with E-state index in [1.807, 2.05) is 24.3 Å². The first-order valence-corrected chi connectivity index (χ1v) is 5.77. The maximum absolute atomic E-state index is 5.66. The number of benzene rings is 1. The van der Waals surface area contributed by atoms with Gasteiger partial charge < -0.3 is 15.1 Å². The molecule has 0 aliphatic carbocycles. The molecule has 1 saturated heterocycles. The molecule has 3 rings (SSSR count). The van der Waals surface area contributed by atoms with Crippen LogP contribution < -0.4 is 10.6 Å². The molecule has 5 nitrogen and oxygen atoms in total. The van der Waals surface area contributed by atoms with Crippen LogP contribution in [0.4, 0.5) is 11.7 Å². The van der Waals surface area contributed by atoms with Crippen LogP contribution in [0.15, 0.2) is 28.7 Å². The molecule has 1 aromatic carbocycles. The van der Waals surface area contributed by atoms with Crippen LogP contribution in [-0.2, 0) is 0 Å². The Morgan fingerprint density at radius 2 is 1.76 bits per heavy atom. The molecular formula is C12H14N4O. The SMILES string of the molecule is Nc1ccc(-c2nnc(N3CCCC3)o2)cc1. The van der Waals surface area contributed by atoms with Crippen molar-refractivity contribution >= 4 is 11.7 Å². The van der Waals surface area contributed by atoms with Gasteiger partial charge in [0, 0.05) is 24.3 Å². The number of nitrogens with zero attached hydrogens (tertiary/aromatic N) is 3. The molecule has 2 heterocycles. The summed E-state index contributed by atoms with van der Waals surface area (Å²) < 4.78 is 5.66. The van der Waals surface area contributed by atoms with Gasteiger partial charge in [0.1, 0.15) is 0 Å². The van der Waals surface area contributed by atoms with Crippen molar-refractivity contribution in [3.8, 4) is 11.5 Å². The average Bonchev–Trinajstić information content (AvgIpc) is 3.00. The van der Waals surface area contributed by atoms with E-state index >= 15 is 0 Å². The van der Waals surface area contributed by atoms with Gasteiger partial charge in [-0.2, -0.15) is 0 Å². The summed E-state index contributed by atoms with van der Waals surface area (Å²) in [4.78, 5) is 2.12. The van der Waals surface area contributed by atoms with Gasteiger partial charge in [-0.3, -0.25) is 0 Å². The topological polar surface area (TPSA) is 68.2 Å². The van der Waals surface area contributed by atoms with Crippen molar-refractivity contribution in [3.63, 3.8) is 0 Å². The van der Waals surface area contributed by atoms with E-state index in [1.165, 1.54) is 12.8 Å². The van der Waals surface area contributed by atoms with E-state index in [-0.39, 0.29) is 0 Å². The second-order valence-electron chi connectivity index (χ2n) is 4.21. The van der Waals surface area contributed by atoms with Gasteiger partial charge in [-0.15, -0.1) is 5.10 Å². The third-order valence-electron chi connectivity index (χ3n) is 2.95. The van der Waals surface area contributed by atoms with Crippen molar-refractivity contribution in [3.05, 3.63) is 24.3 Å². The molecule has 0 atom stereocenters. The van der Waals surface area contributed by atoms with Gasteiger partial charge in [-0.05, 0) is 37.1 Å². The summed E-state index contributed by atoms with van der Waals surface area (Å²) in [7, 11) is 0. The maximum Gasteiger partial charge on any atom is 0.318 e. The number of nitrogen functional groups attached to an aromatic ring is 1. The zero-order valence-electron chi connectivity index (χ0n) is 9.47. The monoisotopic (exact) mass is 230 g/mol. The zero-order chi connectivity index (χ0) is 11.7. The average molecular weight is 230 g/mol. The Kier molecular flexibility index (Phi) is 2.44. The minimum atomic E-state index is 0.548. The third-order valence-corrected chi connectivity index (χ3v) is 2.95. The van der Waals surface area contributed by atoms with Crippen molar-refractivity contribution in [1.29, 1.82) is 0 Å². The van der Waals surface area contributed by atoms with Gasteiger partial charge in [-0.25, -0.2) is 0 Å². The number of anilines is 2. The standard InChI is InChI=1S/C12H14N4O/c13-10-5-3-9(4-6-10)11-14-15-12(17-11)16-7-1-2-8-16/h3-6H,1-2,7-8,13H2. The molecular weight excluding hydrogens is 216 g/mol. The number of nitrogens with two attached hydrogens (primary N) is 1. The van der Waals surface area contributed by atoms with Crippen LogP contribution in [0.2, 0.25) is 0 Å². The highest BCUT2D eigenvalue weighted by Crippen LogP contribution is 2.24. The van der Waals surface area contributed by atoms with Crippen molar-refractivity contribution in [2.24, 2.45) is 0 Å². The predicted octanol–water partition coefficient (Wildman–Crippen LogP) is 1.92. The fraction of sp³-hybridized carbons (Fsp3) is 0.333. The molecule has 5 heteroatoms. The fourth-order valence-corrected chi connectivity index (χ4v) is 1.99. The Bertz CT molecular complexity index is 499. The van der Waals surface area contributed by atoms with Gasteiger partial charge in [0.05, 0.1) is 0 Å². The summed E-state index contributed by atoms with van der Waals surface area (Å²) in [6.07, 6.45) is 2.39. The van der Waals surface area contributed by atoms with Crippen LogP contribution in [0.3, 0.4) is 0 Å². The van der Waals surface area contributed by atoms with E-state index in [9.17, 15) is 0 Å². The number of aromatic nitrogens is 2. The lowest BCUT2D eigenvalue weighted by Gasteiger charge is -2.09. The minimum Gasteiger partial charge on any atom is -0.403 e. The molecule has 0 bridgehead atoms. The van der Waals surface area contributed by atoms with E-state index in [2.05, 4.69) is 15.1 Å².